The zero-order chi connectivity index (χ0) is 12.1. The Morgan fingerprint density at radius 2 is 2.06 bits per heavy atom. The highest BCUT2D eigenvalue weighted by Crippen LogP contribution is 2.39. The van der Waals surface area contributed by atoms with Crippen molar-refractivity contribution in [1.29, 1.82) is 0 Å². The van der Waals surface area contributed by atoms with E-state index in [1.54, 1.807) is 14.2 Å². The average Bonchev–Trinajstić information content (AvgIpc) is 2.29. The predicted molar refractivity (Wildman–Crippen MR) is 62.6 cm³/mol. The molecule has 0 heterocycles. The van der Waals surface area contributed by atoms with E-state index in [9.17, 15) is 0 Å². The number of halogens is 1. The van der Waals surface area contributed by atoms with Crippen molar-refractivity contribution in [1.82, 2.24) is 5.48 Å². The Bertz CT molecular complexity index is 369. The number of hydrogen-bond donors (Lipinski definition) is 2. The van der Waals surface area contributed by atoms with Gasteiger partial charge in [-0.2, -0.15) is 0 Å². The third-order valence-corrected chi connectivity index (χ3v) is 2.83. The zero-order valence-electron chi connectivity index (χ0n) is 9.63. The van der Waals surface area contributed by atoms with Gasteiger partial charge in [-0.3, -0.25) is 0 Å². The SMILES string of the molecule is CCc1c(CNO)cc(OC)c(OC)c1Cl. The van der Waals surface area contributed by atoms with Crippen molar-refractivity contribution in [2.75, 3.05) is 14.2 Å². The largest absolute Gasteiger partial charge is 0.493 e. The van der Waals surface area contributed by atoms with E-state index in [0.717, 1.165) is 17.5 Å². The van der Waals surface area contributed by atoms with Gasteiger partial charge < -0.3 is 14.7 Å². The molecule has 1 aromatic rings. The minimum absolute atomic E-state index is 0.323. The quantitative estimate of drug-likeness (QED) is 0.783. The zero-order valence-corrected chi connectivity index (χ0v) is 10.4. The van der Waals surface area contributed by atoms with Gasteiger partial charge in [-0.25, -0.2) is 5.48 Å². The third-order valence-electron chi connectivity index (χ3n) is 2.43. The van der Waals surface area contributed by atoms with Crippen LogP contribution in [0.15, 0.2) is 6.07 Å². The van der Waals surface area contributed by atoms with Crippen LogP contribution < -0.4 is 15.0 Å². The van der Waals surface area contributed by atoms with Crippen molar-refractivity contribution in [3.8, 4) is 11.5 Å². The second-order valence-electron chi connectivity index (χ2n) is 3.25. The van der Waals surface area contributed by atoms with Gasteiger partial charge in [-0.1, -0.05) is 18.5 Å². The Balaban J connectivity index is 3.35. The van der Waals surface area contributed by atoms with Gasteiger partial charge in [0.2, 0.25) is 0 Å². The average molecular weight is 246 g/mol. The molecule has 0 aliphatic rings. The normalized spacial score (nSPS) is 10.3. The number of nitrogens with one attached hydrogen (secondary N) is 1. The van der Waals surface area contributed by atoms with Crippen molar-refractivity contribution < 1.29 is 14.7 Å². The molecular weight excluding hydrogens is 230 g/mol. The first-order valence-corrected chi connectivity index (χ1v) is 5.36. The molecule has 5 heteroatoms. The molecule has 1 aromatic carbocycles. The van der Waals surface area contributed by atoms with Crippen LogP contribution in [-0.2, 0) is 13.0 Å². The van der Waals surface area contributed by atoms with Gasteiger partial charge in [-0.15, -0.1) is 0 Å². The second kappa shape index (κ2) is 5.94. The number of hydrogen-bond acceptors (Lipinski definition) is 4. The van der Waals surface area contributed by atoms with Gasteiger partial charge in [0.05, 0.1) is 19.2 Å². The number of rotatable bonds is 5. The van der Waals surface area contributed by atoms with Crippen molar-refractivity contribution in [3.05, 3.63) is 22.2 Å². The Morgan fingerprint density at radius 1 is 1.38 bits per heavy atom. The summed E-state index contributed by atoms with van der Waals surface area (Å²) in [4.78, 5) is 0. The monoisotopic (exact) mass is 245 g/mol. The maximum atomic E-state index is 8.76. The fourth-order valence-corrected chi connectivity index (χ4v) is 2.09. The van der Waals surface area contributed by atoms with Crippen LogP contribution in [0, 0.1) is 0 Å². The molecule has 0 fully saturated rings. The fourth-order valence-electron chi connectivity index (χ4n) is 1.66. The van der Waals surface area contributed by atoms with Crippen LogP contribution in [-0.4, -0.2) is 19.4 Å². The smallest absolute Gasteiger partial charge is 0.179 e. The van der Waals surface area contributed by atoms with Crippen LogP contribution in [0.2, 0.25) is 5.02 Å². The lowest BCUT2D eigenvalue weighted by molar-refractivity contribution is 0.161. The lowest BCUT2D eigenvalue weighted by atomic mass is 10.0. The van der Waals surface area contributed by atoms with Crippen molar-refractivity contribution in [2.24, 2.45) is 0 Å². The Labute approximate surface area is 100 Å². The minimum Gasteiger partial charge on any atom is -0.493 e. The van der Waals surface area contributed by atoms with Gasteiger partial charge in [0, 0.05) is 6.54 Å². The molecule has 4 nitrogen and oxygen atoms in total. The van der Waals surface area contributed by atoms with E-state index in [1.807, 2.05) is 13.0 Å². The third kappa shape index (κ3) is 2.40. The van der Waals surface area contributed by atoms with Gasteiger partial charge in [-0.05, 0) is 23.6 Å². The molecule has 0 aromatic heterocycles. The van der Waals surface area contributed by atoms with Crippen LogP contribution in [0.3, 0.4) is 0 Å². The maximum absolute atomic E-state index is 8.76. The lowest BCUT2D eigenvalue weighted by Crippen LogP contribution is -2.09. The number of methoxy groups -OCH3 is 2. The van der Waals surface area contributed by atoms with E-state index in [2.05, 4.69) is 5.48 Å². The van der Waals surface area contributed by atoms with Gasteiger partial charge in [0.25, 0.3) is 0 Å². The summed E-state index contributed by atoms with van der Waals surface area (Å²) in [5.41, 5.74) is 3.96. The first-order chi connectivity index (χ1) is 7.69. The van der Waals surface area contributed by atoms with Crippen LogP contribution in [0.25, 0.3) is 0 Å². The topological polar surface area (TPSA) is 50.7 Å². The van der Waals surface area contributed by atoms with Crippen molar-refractivity contribution >= 4 is 11.6 Å². The molecule has 0 aliphatic carbocycles. The molecule has 0 spiro atoms. The van der Waals surface area contributed by atoms with Gasteiger partial charge in [0.15, 0.2) is 11.5 Å². The minimum atomic E-state index is 0.323. The summed E-state index contributed by atoms with van der Waals surface area (Å²) in [7, 11) is 3.10. The molecular formula is C11H16ClNO3. The summed E-state index contributed by atoms with van der Waals surface area (Å²) < 4.78 is 10.4. The Morgan fingerprint density at radius 3 is 2.50 bits per heavy atom. The number of benzene rings is 1. The van der Waals surface area contributed by atoms with Crippen LogP contribution in [0.1, 0.15) is 18.1 Å². The summed E-state index contributed by atoms with van der Waals surface area (Å²) in [5, 5.41) is 9.29. The molecule has 0 atom stereocenters. The molecule has 0 amide bonds. The van der Waals surface area contributed by atoms with Crippen LogP contribution >= 0.6 is 11.6 Å². The highest BCUT2D eigenvalue weighted by atomic mass is 35.5. The fraction of sp³-hybridized carbons (Fsp3) is 0.455. The van der Waals surface area contributed by atoms with Crippen LogP contribution in [0.4, 0.5) is 0 Å². The van der Waals surface area contributed by atoms with E-state index in [0.29, 0.717) is 23.1 Å². The number of hydroxylamine groups is 1. The first-order valence-electron chi connectivity index (χ1n) is 4.98. The Kier molecular flexibility index (Phi) is 4.86. The molecule has 0 bridgehead atoms. The molecule has 2 N–H and O–H groups in total. The summed E-state index contributed by atoms with van der Waals surface area (Å²) in [5.74, 6) is 1.10. The van der Waals surface area contributed by atoms with E-state index in [1.165, 1.54) is 0 Å². The number of ether oxygens (including phenoxy) is 2. The van der Waals surface area contributed by atoms with E-state index in [4.69, 9.17) is 26.3 Å². The summed E-state index contributed by atoms with van der Waals surface area (Å²) in [6.45, 7) is 2.32. The molecule has 0 unspecified atom stereocenters. The molecule has 0 aliphatic heterocycles. The standard InChI is InChI=1S/C11H16ClNO3/c1-4-8-7(6-13-14)5-9(15-2)11(16-3)10(8)12/h5,13-14H,4,6H2,1-3H3. The first kappa shape index (κ1) is 13.1. The van der Waals surface area contributed by atoms with Crippen molar-refractivity contribution in [3.63, 3.8) is 0 Å². The van der Waals surface area contributed by atoms with Gasteiger partial charge >= 0.3 is 0 Å². The second-order valence-corrected chi connectivity index (χ2v) is 3.63. The maximum Gasteiger partial charge on any atom is 0.179 e. The van der Waals surface area contributed by atoms with E-state index < -0.39 is 0 Å². The van der Waals surface area contributed by atoms with Gasteiger partial charge in [0.1, 0.15) is 0 Å². The molecule has 0 radical (unpaired) electrons. The molecule has 90 valence electrons. The van der Waals surface area contributed by atoms with E-state index >= 15 is 0 Å². The van der Waals surface area contributed by atoms with Crippen LogP contribution in [0.5, 0.6) is 11.5 Å². The molecule has 16 heavy (non-hydrogen) atoms. The highest BCUT2D eigenvalue weighted by molar-refractivity contribution is 6.33. The Hall–Kier alpha value is -0.970. The molecule has 0 saturated heterocycles. The van der Waals surface area contributed by atoms with E-state index in [-0.39, 0.29) is 0 Å². The summed E-state index contributed by atoms with van der Waals surface area (Å²) in [6, 6.07) is 1.81. The molecule has 0 saturated carbocycles. The summed E-state index contributed by atoms with van der Waals surface area (Å²) >= 11 is 6.22. The lowest BCUT2D eigenvalue weighted by Gasteiger charge is -2.16. The highest BCUT2D eigenvalue weighted by Gasteiger charge is 2.16. The molecule has 1 rings (SSSR count). The predicted octanol–water partition coefficient (Wildman–Crippen LogP) is 2.40. The van der Waals surface area contributed by atoms with Crippen molar-refractivity contribution in [2.45, 2.75) is 19.9 Å². The summed E-state index contributed by atoms with van der Waals surface area (Å²) in [6.07, 6.45) is 0.760.